The first-order chi connectivity index (χ1) is 8.87. The summed E-state index contributed by atoms with van der Waals surface area (Å²) in [5, 5.41) is 13.0. The quantitative estimate of drug-likeness (QED) is 0.889. The van der Waals surface area contributed by atoms with Gasteiger partial charge in [-0.2, -0.15) is 0 Å². The molecule has 1 heterocycles. The number of phenolic OH excluding ortho intramolecular Hbond substituents is 1. The van der Waals surface area contributed by atoms with E-state index >= 15 is 0 Å². The molecule has 0 amide bonds. The molecule has 0 aromatic heterocycles. The third kappa shape index (κ3) is 3.67. The molecule has 4 nitrogen and oxygen atoms in total. The van der Waals surface area contributed by atoms with Crippen molar-refractivity contribution in [2.45, 2.75) is 31.8 Å². The van der Waals surface area contributed by atoms with Crippen LogP contribution in [-0.4, -0.2) is 31.1 Å². The van der Waals surface area contributed by atoms with Gasteiger partial charge >= 0.3 is 0 Å². The molecule has 106 valence electrons. The number of phenols is 1. The molecule has 2 rings (SSSR count). The van der Waals surface area contributed by atoms with Gasteiger partial charge < -0.3 is 10.4 Å². The number of hydrogen-bond acceptors (Lipinski definition) is 4. The van der Waals surface area contributed by atoms with E-state index in [2.05, 4.69) is 5.32 Å². The minimum Gasteiger partial charge on any atom is -0.508 e. The molecule has 0 aliphatic carbocycles. The number of aromatic hydroxyl groups is 1. The molecule has 1 saturated heterocycles. The molecule has 6 heteroatoms. The third-order valence-electron chi connectivity index (χ3n) is 3.50. The van der Waals surface area contributed by atoms with Crippen molar-refractivity contribution in [3.63, 3.8) is 0 Å². The topological polar surface area (TPSA) is 66.4 Å². The lowest BCUT2D eigenvalue weighted by Gasteiger charge is -2.27. The van der Waals surface area contributed by atoms with Crippen LogP contribution < -0.4 is 5.32 Å². The minimum atomic E-state index is -2.87. The Morgan fingerprint density at radius 1 is 1.37 bits per heavy atom. The number of hydrogen-bond donors (Lipinski definition) is 2. The van der Waals surface area contributed by atoms with E-state index in [1.807, 2.05) is 6.92 Å². The van der Waals surface area contributed by atoms with Gasteiger partial charge in [-0.25, -0.2) is 12.8 Å². The van der Waals surface area contributed by atoms with E-state index in [0.717, 1.165) is 6.07 Å². The zero-order chi connectivity index (χ0) is 14.0. The van der Waals surface area contributed by atoms with Gasteiger partial charge in [0.1, 0.15) is 21.4 Å². The van der Waals surface area contributed by atoms with Crippen LogP contribution in [0.4, 0.5) is 4.39 Å². The number of sulfone groups is 1. The lowest BCUT2D eigenvalue weighted by molar-refractivity contribution is 0.402. The molecule has 0 saturated carbocycles. The molecule has 1 atom stereocenters. The van der Waals surface area contributed by atoms with Gasteiger partial charge in [-0.05, 0) is 25.8 Å². The highest BCUT2D eigenvalue weighted by molar-refractivity contribution is 7.91. The molecular formula is C13H18FNO3S. The molecule has 1 aliphatic rings. The Balaban J connectivity index is 2.00. The van der Waals surface area contributed by atoms with Gasteiger partial charge in [0.2, 0.25) is 0 Å². The zero-order valence-corrected chi connectivity index (χ0v) is 11.6. The van der Waals surface area contributed by atoms with Crippen molar-refractivity contribution in [3.8, 4) is 5.75 Å². The standard InChI is InChI=1S/C13H18FNO3S/c1-9(12-3-2-10(14)8-13(12)16)15-11-4-6-19(17,18)7-5-11/h2-3,8-9,11,15-16H,4-7H2,1H3. The van der Waals surface area contributed by atoms with Crippen LogP contribution in [0.15, 0.2) is 18.2 Å². The summed E-state index contributed by atoms with van der Waals surface area (Å²) in [6.07, 6.45) is 1.16. The fourth-order valence-electron chi connectivity index (χ4n) is 2.38. The summed E-state index contributed by atoms with van der Waals surface area (Å²) in [5.74, 6) is -0.153. The van der Waals surface area contributed by atoms with Crippen LogP contribution >= 0.6 is 0 Å². The van der Waals surface area contributed by atoms with Gasteiger partial charge in [0.05, 0.1) is 11.5 Å². The number of benzene rings is 1. The molecule has 1 aromatic carbocycles. The number of nitrogens with one attached hydrogen (secondary N) is 1. The summed E-state index contributed by atoms with van der Waals surface area (Å²) in [7, 11) is -2.87. The Hall–Kier alpha value is -1.14. The molecule has 0 radical (unpaired) electrons. The largest absolute Gasteiger partial charge is 0.508 e. The van der Waals surface area contributed by atoms with E-state index in [1.165, 1.54) is 6.07 Å². The first-order valence-electron chi connectivity index (χ1n) is 6.32. The summed E-state index contributed by atoms with van der Waals surface area (Å²) in [5.41, 5.74) is 0.620. The Morgan fingerprint density at radius 2 is 2.00 bits per heavy atom. The van der Waals surface area contributed by atoms with Gasteiger partial charge in [-0.1, -0.05) is 6.07 Å². The molecule has 0 bridgehead atoms. The van der Waals surface area contributed by atoms with Crippen molar-refractivity contribution in [2.24, 2.45) is 0 Å². The van der Waals surface area contributed by atoms with Gasteiger partial charge in [0, 0.05) is 23.7 Å². The van der Waals surface area contributed by atoms with Gasteiger partial charge in [-0.3, -0.25) is 0 Å². The van der Waals surface area contributed by atoms with Crippen molar-refractivity contribution >= 4 is 9.84 Å². The molecule has 1 unspecified atom stereocenters. The Bertz CT molecular complexity index is 545. The highest BCUT2D eigenvalue weighted by Gasteiger charge is 2.25. The highest BCUT2D eigenvalue weighted by Crippen LogP contribution is 2.26. The SMILES string of the molecule is CC(NC1CCS(=O)(=O)CC1)c1ccc(F)cc1O. The maximum absolute atomic E-state index is 12.9. The fraction of sp³-hybridized carbons (Fsp3) is 0.538. The Labute approximate surface area is 112 Å². The highest BCUT2D eigenvalue weighted by atomic mass is 32.2. The number of rotatable bonds is 3. The average Bonchev–Trinajstić information content (AvgIpc) is 2.31. The van der Waals surface area contributed by atoms with Crippen LogP contribution in [-0.2, 0) is 9.84 Å². The van der Waals surface area contributed by atoms with Crippen LogP contribution in [0, 0.1) is 5.82 Å². The predicted molar refractivity (Wildman–Crippen MR) is 71.3 cm³/mol. The molecule has 0 spiro atoms. The lowest BCUT2D eigenvalue weighted by atomic mass is 10.0. The summed E-state index contributed by atoms with van der Waals surface area (Å²) in [6, 6.07) is 3.90. The first-order valence-corrected chi connectivity index (χ1v) is 8.14. The Morgan fingerprint density at radius 3 is 2.58 bits per heavy atom. The fourth-order valence-corrected chi connectivity index (χ4v) is 3.87. The van der Waals surface area contributed by atoms with Crippen LogP contribution in [0.3, 0.4) is 0 Å². The van der Waals surface area contributed by atoms with Crippen LogP contribution in [0.25, 0.3) is 0 Å². The van der Waals surface area contributed by atoms with E-state index in [1.54, 1.807) is 6.07 Å². The number of halogens is 1. The zero-order valence-electron chi connectivity index (χ0n) is 10.8. The molecule has 1 fully saturated rings. The van der Waals surface area contributed by atoms with Crippen molar-refractivity contribution in [2.75, 3.05) is 11.5 Å². The smallest absolute Gasteiger partial charge is 0.150 e. The monoisotopic (exact) mass is 287 g/mol. The van der Waals surface area contributed by atoms with E-state index in [9.17, 15) is 17.9 Å². The third-order valence-corrected chi connectivity index (χ3v) is 5.21. The second-order valence-electron chi connectivity index (χ2n) is 5.02. The van der Waals surface area contributed by atoms with Crippen molar-refractivity contribution in [1.29, 1.82) is 0 Å². The van der Waals surface area contributed by atoms with E-state index < -0.39 is 15.7 Å². The van der Waals surface area contributed by atoms with Crippen LogP contribution in [0.2, 0.25) is 0 Å². The first kappa shape index (κ1) is 14.3. The predicted octanol–water partition coefficient (Wildman–Crippen LogP) is 1.76. The summed E-state index contributed by atoms with van der Waals surface area (Å²) in [6.45, 7) is 1.87. The molecule has 2 N–H and O–H groups in total. The van der Waals surface area contributed by atoms with Crippen molar-refractivity contribution in [3.05, 3.63) is 29.6 Å². The van der Waals surface area contributed by atoms with E-state index in [-0.39, 0.29) is 29.3 Å². The van der Waals surface area contributed by atoms with Gasteiger partial charge in [0.25, 0.3) is 0 Å². The molecule has 19 heavy (non-hydrogen) atoms. The molecular weight excluding hydrogens is 269 g/mol. The average molecular weight is 287 g/mol. The van der Waals surface area contributed by atoms with Crippen molar-refractivity contribution < 1.29 is 17.9 Å². The molecule has 1 aliphatic heterocycles. The van der Waals surface area contributed by atoms with E-state index in [0.29, 0.717) is 18.4 Å². The van der Waals surface area contributed by atoms with E-state index in [4.69, 9.17) is 0 Å². The summed E-state index contributed by atoms with van der Waals surface area (Å²) in [4.78, 5) is 0. The summed E-state index contributed by atoms with van der Waals surface area (Å²) < 4.78 is 35.6. The van der Waals surface area contributed by atoms with Crippen molar-refractivity contribution in [1.82, 2.24) is 5.32 Å². The second kappa shape index (κ2) is 5.46. The van der Waals surface area contributed by atoms with Gasteiger partial charge in [-0.15, -0.1) is 0 Å². The lowest BCUT2D eigenvalue weighted by Crippen LogP contribution is -2.38. The normalized spacial score (nSPS) is 21.2. The van der Waals surface area contributed by atoms with Crippen LogP contribution in [0.1, 0.15) is 31.4 Å². The maximum Gasteiger partial charge on any atom is 0.150 e. The second-order valence-corrected chi connectivity index (χ2v) is 7.32. The maximum atomic E-state index is 12.9. The van der Waals surface area contributed by atoms with Crippen LogP contribution in [0.5, 0.6) is 5.75 Å². The minimum absolute atomic E-state index is 0.0802. The Kier molecular flexibility index (Phi) is 4.10. The van der Waals surface area contributed by atoms with Gasteiger partial charge in [0.15, 0.2) is 0 Å². The summed E-state index contributed by atoms with van der Waals surface area (Å²) >= 11 is 0. The molecule has 1 aromatic rings.